The molecule has 0 bridgehead atoms. The van der Waals surface area contributed by atoms with Crippen LogP contribution < -0.4 is 0 Å². The van der Waals surface area contributed by atoms with Crippen LogP contribution in [0.1, 0.15) is 22.8 Å². The molecule has 0 unspecified atom stereocenters. The Morgan fingerprint density at radius 1 is 1.18 bits per heavy atom. The minimum atomic E-state index is -0.124. The van der Waals surface area contributed by atoms with Crippen LogP contribution in [0.4, 0.5) is 0 Å². The molecule has 2 rings (SSSR count). The fourth-order valence-corrected chi connectivity index (χ4v) is 1.98. The number of fused-ring (bicyclic) bond motifs is 1. The first-order valence-corrected chi connectivity index (χ1v) is 5.09. The van der Waals surface area contributed by atoms with E-state index in [1.165, 1.54) is 0 Å². The van der Waals surface area contributed by atoms with E-state index < -0.39 is 0 Å². The van der Waals surface area contributed by atoms with Gasteiger partial charge in [0.2, 0.25) is 0 Å². The van der Waals surface area contributed by atoms with Crippen LogP contribution in [-0.4, -0.2) is 5.78 Å². The molecule has 0 atom stereocenters. The van der Waals surface area contributed by atoms with E-state index in [-0.39, 0.29) is 11.4 Å². The number of hydrogen-bond donors (Lipinski definition) is 0. The molecule has 0 fully saturated rings. The number of nitrogens with zero attached hydrogens (tertiary/aromatic N) is 2. The van der Waals surface area contributed by atoms with Crippen molar-refractivity contribution in [3.63, 3.8) is 0 Å². The molecule has 1 aliphatic carbocycles. The normalized spacial score (nSPS) is 15.4. The van der Waals surface area contributed by atoms with Gasteiger partial charge in [-0.15, -0.1) is 0 Å². The van der Waals surface area contributed by atoms with E-state index in [2.05, 4.69) is 0 Å². The van der Waals surface area contributed by atoms with Crippen molar-refractivity contribution in [3.8, 4) is 12.1 Å². The van der Waals surface area contributed by atoms with Gasteiger partial charge in [-0.2, -0.15) is 10.5 Å². The van der Waals surface area contributed by atoms with Crippen LogP contribution in [0.2, 0.25) is 0 Å². The molecule has 0 saturated heterocycles. The van der Waals surface area contributed by atoms with Crippen molar-refractivity contribution < 1.29 is 4.79 Å². The van der Waals surface area contributed by atoms with Gasteiger partial charge in [-0.3, -0.25) is 4.79 Å². The molecule has 3 nitrogen and oxygen atoms in total. The van der Waals surface area contributed by atoms with E-state index in [0.29, 0.717) is 22.3 Å². The Kier molecular flexibility index (Phi) is 2.60. The lowest BCUT2D eigenvalue weighted by Gasteiger charge is -1.99. The van der Waals surface area contributed by atoms with Crippen LogP contribution in [-0.2, 0) is 0 Å². The zero-order valence-electron chi connectivity index (χ0n) is 9.19. The molecule has 0 radical (unpaired) electrons. The number of rotatable bonds is 0. The quantitative estimate of drug-likeness (QED) is 0.498. The SMILES string of the molecule is CC=C1C(=O)c2ccccc2C1=C(C#N)C#N. The van der Waals surface area contributed by atoms with Crippen LogP contribution in [0.3, 0.4) is 0 Å². The van der Waals surface area contributed by atoms with Crippen molar-refractivity contribution in [1.82, 2.24) is 0 Å². The molecular formula is C14H8N2O. The number of ketones is 1. The number of hydrogen-bond acceptors (Lipinski definition) is 3. The summed E-state index contributed by atoms with van der Waals surface area (Å²) in [7, 11) is 0. The minimum Gasteiger partial charge on any atom is -0.289 e. The van der Waals surface area contributed by atoms with E-state index in [0.717, 1.165) is 0 Å². The van der Waals surface area contributed by atoms with E-state index >= 15 is 0 Å². The van der Waals surface area contributed by atoms with Gasteiger partial charge in [-0.1, -0.05) is 30.3 Å². The fourth-order valence-electron chi connectivity index (χ4n) is 1.98. The van der Waals surface area contributed by atoms with E-state index in [4.69, 9.17) is 10.5 Å². The summed E-state index contributed by atoms with van der Waals surface area (Å²) >= 11 is 0. The molecule has 80 valence electrons. The summed E-state index contributed by atoms with van der Waals surface area (Å²) in [6, 6.07) is 10.7. The van der Waals surface area contributed by atoms with Crippen molar-refractivity contribution in [3.05, 3.63) is 52.6 Å². The lowest BCUT2D eigenvalue weighted by atomic mass is 10.00. The summed E-state index contributed by atoms with van der Waals surface area (Å²) in [5.74, 6) is -0.124. The predicted octanol–water partition coefficient (Wildman–Crippen LogP) is 2.63. The molecule has 0 N–H and O–H groups in total. The van der Waals surface area contributed by atoms with Crippen LogP contribution in [0.25, 0.3) is 5.57 Å². The molecule has 0 saturated carbocycles. The summed E-state index contributed by atoms with van der Waals surface area (Å²) in [6.07, 6.45) is 1.65. The van der Waals surface area contributed by atoms with Crippen molar-refractivity contribution in [1.29, 1.82) is 10.5 Å². The summed E-state index contributed by atoms with van der Waals surface area (Å²) in [5.41, 5.74) is 2.10. The minimum absolute atomic E-state index is 0.0172. The van der Waals surface area contributed by atoms with Gasteiger partial charge in [0.1, 0.15) is 17.7 Å². The number of nitriles is 2. The monoisotopic (exact) mass is 220 g/mol. The van der Waals surface area contributed by atoms with Gasteiger partial charge in [-0.25, -0.2) is 0 Å². The fraction of sp³-hybridized carbons (Fsp3) is 0.0714. The molecule has 3 heteroatoms. The second kappa shape index (κ2) is 4.08. The van der Waals surface area contributed by atoms with Gasteiger partial charge in [-0.05, 0) is 12.5 Å². The Hall–Kier alpha value is -2.65. The lowest BCUT2D eigenvalue weighted by Crippen LogP contribution is -1.94. The van der Waals surface area contributed by atoms with Crippen molar-refractivity contribution >= 4 is 11.4 Å². The number of carbonyl (C=O) groups is 1. The standard InChI is InChI=1S/C14H8N2O/c1-2-10-13(9(7-15)8-16)11-5-3-4-6-12(11)14(10)17/h2-6H,1H3. The van der Waals surface area contributed by atoms with E-state index in [1.54, 1.807) is 37.3 Å². The van der Waals surface area contributed by atoms with Crippen LogP contribution in [0, 0.1) is 22.7 Å². The molecule has 1 aliphatic rings. The molecule has 1 aromatic rings. The van der Waals surface area contributed by atoms with Gasteiger partial charge < -0.3 is 0 Å². The number of carbonyl (C=O) groups excluding carboxylic acids is 1. The zero-order valence-corrected chi connectivity index (χ0v) is 9.19. The summed E-state index contributed by atoms with van der Waals surface area (Å²) in [6.45, 7) is 1.73. The van der Waals surface area contributed by atoms with E-state index in [1.807, 2.05) is 12.1 Å². The Bertz CT molecular complexity index is 636. The summed E-state index contributed by atoms with van der Waals surface area (Å²) in [5, 5.41) is 17.9. The number of Topliss-reactive ketones (excluding diaryl/α,β-unsaturated/α-hetero) is 1. The van der Waals surface area contributed by atoms with Gasteiger partial charge in [0.15, 0.2) is 5.78 Å². The number of allylic oxidation sites excluding steroid dienone is 4. The third-order valence-corrected chi connectivity index (χ3v) is 2.72. The Labute approximate surface area is 98.9 Å². The first-order valence-electron chi connectivity index (χ1n) is 5.09. The second-order valence-corrected chi connectivity index (χ2v) is 3.55. The maximum Gasteiger partial charge on any atom is 0.194 e. The van der Waals surface area contributed by atoms with Crippen LogP contribution in [0.5, 0.6) is 0 Å². The Morgan fingerprint density at radius 3 is 2.29 bits per heavy atom. The first-order chi connectivity index (χ1) is 8.24. The smallest absolute Gasteiger partial charge is 0.194 e. The van der Waals surface area contributed by atoms with Crippen molar-refractivity contribution in [2.24, 2.45) is 0 Å². The molecule has 0 amide bonds. The first kappa shape index (κ1) is 10.9. The molecular weight excluding hydrogens is 212 g/mol. The lowest BCUT2D eigenvalue weighted by molar-refractivity contribution is 0.104. The molecule has 1 aromatic carbocycles. The van der Waals surface area contributed by atoms with Crippen LogP contribution >= 0.6 is 0 Å². The van der Waals surface area contributed by atoms with Gasteiger partial charge in [0.05, 0.1) is 0 Å². The highest BCUT2D eigenvalue weighted by Gasteiger charge is 2.31. The van der Waals surface area contributed by atoms with E-state index in [9.17, 15) is 4.79 Å². The third-order valence-electron chi connectivity index (χ3n) is 2.72. The largest absolute Gasteiger partial charge is 0.289 e. The second-order valence-electron chi connectivity index (χ2n) is 3.55. The molecule has 17 heavy (non-hydrogen) atoms. The van der Waals surface area contributed by atoms with Crippen LogP contribution in [0.15, 0.2) is 41.5 Å². The summed E-state index contributed by atoms with van der Waals surface area (Å²) < 4.78 is 0. The predicted molar refractivity (Wildman–Crippen MR) is 62.7 cm³/mol. The van der Waals surface area contributed by atoms with Gasteiger partial charge >= 0.3 is 0 Å². The molecule has 0 heterocycles. The Balaban J connectivity index is 2.87. The van der Waals surface area contributed by atoms with Gasteiger partial charge in [0, 0.05) is 16.7 Å². The average Bonchev–Trinajstić information content (AvgIpc) is 2.65. The number of benzene rings is 1. The highest BCUT2D eigenvalue weighted by Crippen LogP contribution is 2.38. The molecule has 0 aromatic heterocycles. The third kappa shape index (κ3) is 1.46. The van der Waals surface area contributed by atoms with Crippen molar-refractivity contribution in [2.45, 2.75) is 6.92 Å². The summed E-state index contributed by atoms with van der Waals surface area (Å²) in [4.78, 5) is 12.1. The Morgan fingerprint density at radius 2 is 1.76 bits per heavy atom. The maximum atomic E-state index is 12.1. The highest BCUT2D eigenvalue weighted by molar-refractivity contribution is 6.27. The maximum absolute atomic E-state index is 12.1. The zero-order chi connectivity index (χ0) is 12.4. The average molecular weight is 220 g/mol. The van der Waals surface area contributed by atoms with Gasteiger partial charge in [0.25, 0.3) is 0 Å². The molecule has 0 spiro atoms. The topological polar surface area (TPSA) is 64.7 Å². The highest BCUT2D eigenvalue weighted by atomic mass is 16.1. The molecule has 0 aliphatic heterocycles. The van der Waals surface area contributed by atoms with Crippen molar-refractivity contribution in [2.75, 3.05) is 0 Å².